The summed E-state index contributed by atoms with van der Waals surface area (Å²) in [6.45, 7) is 6.94. The van der Waals surface area contributed by atoms with Crippen LogP contribution in [0.3, 0.4) is 0 Å². The zero-order valence-corrected chi connectivity index (χ0v) is 16.7. The van der Waals surface area contributed by atoms with Gasteiger partial charge >= 0.3 is 6.18 Å². The summed E-state index contributed by atoms with van der Waals surface area (Å²) in [6.07, 6.45) is 2.06. The molecule has 2 N–H and O–H groups in total. The van der Waals surface area contributed by atoms with Crippen molar-refractivity contribution in [1.82, 2.24) is 4.90 Å². The predicted molar refractivity (Wildman–Crippen MR) is 104 cm³/mol. The summed E-state index contributed by atoms with van der Waals surface area (Å²) in [7, 11) is 0. The Kier molecular flexibility index (Phi) is 6.44. The number of nitrogens with zero attached hydrogens (tertiary/aromatic N) is 1. The second-order valence-electron chi connectivity index (χ2n) is 8.29. The van der Waals surface area contributed by atoms with E-state index in [0.717, 1.165) is 76.4 Å². The van der Waals surface area contributed by atoms with Crippen molar-refractivity contribution in [2.75, 3.05) is 25.0 Å². The second kappa shape index (κ2) is 8.49. The minimum Gasteiger partial charge on any atom is -0.506 e. The molecule has 1 saturated heterocycles. The molecule has 0 atom stereocenters. The van der Waals surface area contributed by atoms with E-state index in [2.05, 4.69) is 17.1 Å². The molecule has 1 saturated carbocycles. The van der Waals surface area contributed by atoms with Gasteiger partial charge in [-0.1, -0.05) is 0 Å². The molecular formula is C21H31F3N2O2. The predicted octanol–water partition coefficient (Wildman–Crippen LogP) is 5.03. The largest absolute Gasteiger partial charge is 0.506 e. The van der Waals surface area contributed by atoms with Crippen LogP contribution in [0, 0.1) is 0 Å². The molecule has 28 heavy (non-hydrogen) atoms. The van der Waals surface area contributed by atoms with Gasteiger partial charge in [0.1, 0.15) is 5.75 Å². The molecule has 0 aromatic heterocycles. The van der Waals surface area contributed by atoms with E-state index in [-0.39, 0.29) is 23.0 Å². The highest BCUT2D eigenvalue weighted by Crippen LogP contribution is 2.38. The Labute approximate surface area is 165 Å². The van der Waals surface area contributed by atoms with Gasteiger partial charge in [-0.2, -0.15) is 13.2 Å². The molecule has 1 aliphatic heterocycles. The minimum atomic E-state index is -4.41. The van der Waals surface area contributed by atoms with Crippen molar-refractivity contribution < 1.29 is 23.0 Å². The molecule has 1 heterocycles. The summed E-state index contributed by atoms with van der Waals surface area (Å²) in [5, 5.41) is 13.1. The van der Waals surface area contributed by atoms with Gasteiger partial charge in [-0.3, -0.25) is 4.90 Å². The number of nitrogens with one attached hydrogen (secondary N) is 1. The lowest BCUT2D eigenvalue weighted by Gasteiger charge is -2.48. The van der Waals surface area contributed by atoms with Crippen molar-refractivity contribution in [1.29, 1.82) is 0 Å². The summed E-state index contributed by atoms with van der Waals surface area (Å²) in [6, 6.07) is 3.08. The summed E-state index contributed by atoms with van der Waals surface area (Å²) in [5.74, 6) is -0.142. The number of aromatic hydroxyl groups is 1. The van der Waals surface area contributed by atoms with E-state index in [1.54, 1.807) is 0 Å². The number of benzene rings is 1. The molecule has 0 unspecified atom stereocenters. The minimum absolute atomic E-state index is 0.0639. The number of piperidine rings is 1. The molecule has 158 valence electrons. The van der Waals surface area contributed by atoms with E-state index in [1.165, 1.54) is 0 Å². The quantitative estimate of drug-likeness (QED) is 0.681. The average Bonchev–Trinajstić information content (AvgIpc) is 2.65. The first-order chi connectivity index (χ1) is 13.2. The Balaban J connectivity index is 1.55. The van der Waals surface area contributed by atoms with Crippen LogP contribution in [0.4, 0.5) is 18.9 Å². The fourth-order valence-corrected chi connectivity index (χ4v) is 4.54. The lowest BCUT2D eigenvalue weighted by atomic mass is 9.79. The van der Waals surface area contributed by atoms with Crippen LogP contribution >= 0.6 is 0 Å². The van der Waals surface area contributed by atoms with Crippen molar-refractivity contribution in [2.24, 2.45) is 0 Å². The average molecular weight is 400 g/mol. The van der Waals surface area contributed by atoms with Crippen LogP contribution in [0.2, 0.25) is 0 Å². The summed E-state index contributed by atoms with van der Waals surface area (Å²) >= 11 is 0. The normalized spacial score (nSPS) is 27.7. The number of hydrogen-bond donors (Lipinski definition) is 2. The van der Waals surface area contributed by atoms with Gasteiger partial charge in [0.05, 0.1) is 17.4 Å². The molecule has 1 aliphatic carbocycles. The first-order valence-electron chi connectivity index (χ1n) is 10.2. The number of ether oxygens (including phenoxy) is 1. The third kappa shape index (κ3) is 4.92. The van der Waals surface area contributed by atoms with E-state index < -0.39 is 11.7 Å². The highest BCUT2D eigenvalue weighted by Gasteiger charge is 2.38. The molecule has 0 bridgehead atoms. The van der Waals surface area contributed by atoms with E-state index in [0.29, 0.717) is 6.10 Å². The maximum atomic E-state index is 12.9. The SMILES string of the molecule is CCO[C@H]1CC[C@](C)(N2CCC(Nc3cc(C(F)(F)F)ccc3O)CC2)CC1. The van der Waals surface area contributed by atoms with Gasteiger partial charge in [0, 0.05) is 31.3 Å². The molecule has 1 aromatic rings. The highest BCUT2D eigenvalue weighted by molar-refractivity contribution is 5.58. The first-order valence-corrected chi connectivity index (χ1v) is 10.2. The molecule has 0 amide bonds. The van der Waals surface area contributed by atoms with Crippen molar-refractivity contribution in [3.05, 3.63) is 23.8 Å². The van der Waals surface area contributed by atoms with Crippen molar-refractivity contribution >= 4 is 5.69 Å². The summed E-state index contributed by atoms with van der Waals surface area (Å²) in [4.78, 5) is 2.53. The van der Waals surface area contributed by atoms with Crippen LogP contribution < -0.4 is 5.32 Å². The molecule has 2 fully saturated rings. The van der Waals surface area contributed by atoms with Crippen LogP contribution in [0.25, 0.3) is 0 Å². The van der Waals surface area contributed by atoms with Gasteiger partial charge < -0.3 is 15.2 Å². The number of hydrogen-bond acceptors (Lipinski definition) is 4. The number of phenols is 1. The molecule has 7 heteroatoms. The van der Waals surface area contributed by atoms with Gasteiger partial charge in [0.2, 0.25) is 0 Å². The van der Waals surface area contributed by atoms with Crippen molar-refractivity contribution in [3.63, 3.8) is 0 Å². The monoisotopic (exact) mass is 400 g/mol. The molecule has 1 aromatic carbocycles. The smallest absolute Gasteiger partial charge is 0.416 e. The Morgan fingerprint density at radius 3 is 2.39 bits per heavy atom. The third-order valence-electron chi connectivity index (χ3n) is 6.35. The molecule has 0 radical (unpaired) electrons. The van der Waals surface area contributed by atoms with Crippen LogP contribution in [0.1, 0.15) is 57.9 Å². The van der Waals surface area contributed by atoms with Gasteiger partial charge in [-0.15, -0.1) is 0 Å². The zero-order chi connectivity index (χ0) is 20.4. The number of phenolic OH excluding ortho intramolecular Hbond substituents is 1. The van der Waals surface area contributed by atoms with E-state index >= 15 is 0 Å². The van der Waals surface area contributed by atoms with Gasteiger partial charge in [-0.25, -0.2) is 0 Å². The number of rotatable bonds is 5. The Morgan fingerprint density at radius 2 is 1.82 bits per heavy atom. The number of alkyl halides is 3. The van der Waals surface area contributed by atoms with Crippen molar-refractivity contribution in [2.45, 2.75) is 76.2 Å². The standard InChI is InChI=1S/C21H31F3N2O2/c1-3-28-17-6-10-20(2,11-7-17)26-12-8-16(9-13-26)25-18-14-15(21(22,23)24)4-5-19(18)27/h4-5,14,16-17,25,27H,3,6-13H2,1-2H3/t17-,20-. The molecular weight excluding hydrogens is 369 g/mol. The van der Waals surface area contributed by atoms with E-state index in [1.807, 2.05) is 6.92 Å². The molecule has 0 spiro atoms. The van der Waals surface area contributed by atoms with E-state index in [9.17, 15) is 18.3 Å². The zero-order valence-electron chi connectivity index (χ0n) is 16.7. The number of likely N-dealkylation sites (tertiary alicyclic amines) is 1. The number of halogens is 3. The Hall–Kier alpha value is -1.47. The van der Waals surface area contributed by atoms with Gasteiger partial charge in [-0.05, 0) is 70.6 Å². The summed E-state index contributed by atoms with van der Waals surface area (Å²) < 4.78 is 44.5. The Morgan fingerprint density at radius 1 is 1.18 bits per heavy atom. The first kappa shape index (κ1) is 21.2. The number of anilines is 1. The van der Waals surface area contributed by atoms with Crippen LogP contribution in [0.5, 0.6) is 5.75 Å². The van der Waals surface area contributed by atoms with Crippen LogP contribution in [0.15, 0.2) is 18.2 Å². The van der Waals surface area contributed by atoms with Crippen LogP contribution in [-0.4, -0.2) is 47.4 Å². The fraction of sp³-hybridized carbons (Fsp3) is 0.714. The second-order valence-corrected chi connectivity index (χ2v) is 8.29. The Bertz CT molecular complexity index is 650. The van der Waals surface area contributed by atoms with Gasteiger partial charge in [0.15, 0.2) is 0 Å². The van der Waals surface area contributed by atoms with Gasteiger partial charge in [0.25, 0.3) is 0 Å². The fourth-order valence-electron chi connectivity index (χ4n) is 4.54. The lowest BCUT2D eigenvalue weighted by molar-refractivity contribution is -0.137. The lowest BCUT2D eigenvalue weighted by Crippen LogP contribution is -2.53. The highest BCUT2D eigenvalue weighted by atomic mass is 19.4. The molecule has 3 rings (SSSR count). The van der Waals surface area contributed by atoms with Crippen LogP contribution in [-0.2, 0) is 10.9 Å². The maximum absolute atomic E-state index is 12.9. The molecule has 2 aliphatic rings. The topological polar surface area (TPSA) is 44.7 Å². The molecule has 4 nitrogen and oxygen atoms in total. The maximum Gasteiger partial charge on any atom is 0.416 e. The summed E-state index contributed by atoms with van der Waals surface area (Å²) in [5.41, 5.74) is -0.405. The van der Waals surface area contributed by atoms with E-state index in [4.69, 9.17) is 4.74 Å². The third-order valence-corrected chi connectivity index (χ3v) is 6.35. The van der Waals surface area contributed by atoms with Crippen molar-refractivity contribution in [3.8, 4) is 5.75 Å².